The highest BCUT2D eigenvalue weighted by molar-refractivity contribution is 5.83. The van der Waals surface area contributed by atoms with Crippen molar-refractivity contribution < 1.29 is 9.47 Å². The largest absolute Gasteiger partial charge is 0.376 e. The molecule has 4 rings (SSSR count). The van der Waals surface area contributed by atoms with Gasteiger partial charge in [-0.25, -0.2) is 9.97 Å². The molecule has 1 aliphatic heterocycles. The molecule has 2 aromatic heterocycles. The summed E-state index contributed by atoms with van der Waals surface area (Å²) in [6, 6.07) is 11.8. The lowest BCUT2D eigenvalue weighted by Gasteiger charge is -2.23. The number of rotatable bonds is 2. The number of nitrogens with zero attached hydrogens (tertiary/aromatic N) is 3. The van der Waals surface area contributed by atoms with E-state index >= 15 is 0 Å². The van der Waals surface area contributed by atoms with Gasteiger partial charge in [0.05, 0.1) is 31.0 Å². The minimum atomic E-state index is -0.155. The topological polar surface area (TPSA) is 57.1 Å². The van der Waals surface area contributed by atoms with E-state index in [-0.39, 0.29) is 6.10 Å². The van der Waals surface area contributed by atoms with E-state index in [4.69, 9.17) is 14.5 Å². The molecule has 3 aromatic rings. The molecule has 1 unspecified atom stereocenters. The summed E-state index contributed by atoms with van der Waals surface area (Å²) in [5, 5.41) is 1.01. The van der Waals surface area contributed by atoms with Crippen molar-refractivity contribution >= 4 is 10.9 Å². The van der Waals surface area contributed by atoms with Crippen LogP contribution < -0.4 is 0 Å². The smallest absolute Gasteiger partial charge is 0.161 e. The summed E-state index contributed by atoms with van der Waals surface area (Å²) in [6.45, 7) is 1.74. The molecule has 1 atom stereocenters. The van der Waals surface area contributed by atoms with Gasteiger partial charge < -0.3 is 9.47 Å². The summed E-state index contributed by atoms with van der Waals surface area (Å²) in [7, 11) is 0. The van der Waals surface area contributed by atoms with E-state index in [1.165, 1.54) is 0 Å². The van der Waals surface area contributed by atoms with Gasteiger partial charge >= 0.3 is 0 Å². The number of hydrogen-bond acceptors (Lipinski definition) is 5. The van der Waals surface area contributed by atoms with Gasteiger partial charge in [-0.2, -0.15) is 0 Å². The van der Waals surface area contributed by atoms with Gasteiger partial charge in [0, 0.05) is 23.3 Å². The number of aromatic nitrogens is 3. The minimum absolute atomic E-state index is 0.155. The zero-order valence-corrected chi connectivity index (χ0v) is 12.0. The lowest BCUT2D eigenvalue weighted by Crippen LogP contribution is -2.23. The Morgan fingerprint density at radius 2 is 1.95 bits per heavy atom. The first-order valence-corrected chi connectivity index (χ1v) is 7.28. The van der Waals surface area contributed by atoms with Crippen molar-refractivity contribution in [3.05, 3.63) is 54.5 Å². The fourth-order valence-corrected chi connectivity index (χ4v) is 2.62. The number of para-hydroxylation sites is 1. The Kier molecular flexibility index (Phi) is 3.50. The van der Waals surface area contributed by atoms with E-state index in [0.29, 0.717) is 25.6 Å². The maximum Gasteiger partial charge on any atom is 0.161 e. The van der Waals surface area contributed by atoms with Gasteiger partial charge in [0.15, 0.2) is 5.82 Å². The molecular formula is C17H15N3O2. The van der Waals surface area contributed by atoms with E-state index in [2.05, 4.69) is 9.97 Å². The van der Waals surface area contributed by atoms with Gasteiger partial charge in [-0.3, -0.25) is 4.98 Å². The summed E-state index contributed by atoms with van der Waals surface area (Å²) < 4.78 is 11.4. The van der Waals surface area contributed by atoms with Crippen molar-refractivity contribution in [1.82, 2.24) is 15.0 Å². The van der Waals surface area contributed by atoms with Crippen molar-refractivity contribution in [3.8, 4) is 11.4 Å². The molecule has 0 amide bonds. The molecule has 22 heavy (non-hydrogen) atoms. The second-order valence-electron chi connectivity index (χ2n) is 5.13. The Balaban J connectivity index is 1.89. The molecule has 1 fully saturated rings. The summed E-state index contributed by atoms with van der Waals surface area (Å²) in [4.78, 5) is 13.5. The minimum Gasteiger partial charge on any atom is -0.376 e. The van der Waals surface area contributed by atoms with Gasteiger partial charge in [0.1, 0.15) is 6.10 Å². The first kappa shape index (κ1) is 13.3. The maximum atomic E-state index is 5.83. The van der Waals surface area contributed by atoms with Crippen LogP contribution in [-0.4, -0.2) is 34.8 Å². The normalized spacial score (nSPS) is 18.5. The Bertz CT molecular complexity index is 786. The Hall–Kier alpha value is -2.37. The Morgan fingerprint density at radius 3 is 2.77 bits per heavy atom. The van der Waals surface area contributed by atoms with Crippen molar-refractivity contribution in [2.75, 3.05) is 19.8 Å². The van der Waals surface area contributed by atoms with Gasteiger partial charge in [-0.1, -0.05) is 18.2 Å². The maximum absolute atomic E-state index is 5.83. The summed E-state index contributed by atoms with van der Waals surface area (Å²) >= 11 is 0. The molecular weight excluding hydrogens is 278 g/mol. The number of ether oxygens (including phenoxy) is 2. The lowest BCUT2D eigenvalue weighted by molar-refractivity contribution is -0.0911. The summed E-state index contributed by atoms with van der Waals surface area (Å²) in [6.07, 6.45) is 3.35. The van der Waals surface area contributed by atoms with Crippen LogP contribution in [0.3, 0.4) is 0 Å². The summed E-state index contributed by atoms with van der Waals surface area (Å²) in [5.41, 5.74) is 2.68. The number of hydrogen-bond donors (Lipinski definition) is 0. The lowest BCUT2D eigenvalue weighted by atomic mass is 10.1. The van der Waals surface area contributed by atoms with Crippen LogP contribution in [0.1, 0.15) is 11.8 Å². The number of pyridine rings is 1. The van der Waals surface area contributed by atoms with Crippen LogP contribution >= 0.6 is 0 Å². The molecule has 5 nitrogen and oxygen atoms in total. The molecule has 1 saturated heterocycles. The Morgan fingerprint density at radius 1 is 1.00 bits per heavy atom. The van der Waals surface area contributed by atoms with E-state index in [9.17, 15) is 0 Å². The van der Waals surface area contributed by atoms with Crippen LogP contribution in [0.4, 0.5) is 0 Å². The zero-order valence-electron chi connectivity index (χ0n) is 12.0. The van der Waals surface area contributed by atoms with E-state index in [1.807, 2.05) is 36.4 Å². The molecule has 0 radical (unpaired) electrons. The molecule has 0 spiro atoms. The van der Waals surface area contributed by atoms with Gasteiger partial charge in [-0.15, -0.1) is 0 Å². The molecule has 0 saturated carbocycles. The van der Waals surface area contributed by atoms with Crippen molar-refractivity contribution in [2.24, 2.45) is 0 Å². The van der Waals surface area contributed by atoms with Gasteiger partial charge in [-0.05, 0) is 18.2 Å². The number of fused-ring (bicyclic) bond motifs is 1. The predicted molar refractivity (Wildman–Crippen MR) is 82.3 cm³/mol. The van der Waals surface area contributed by atoms with Crippen LogP contribution in [0.2, 0.25) is 0 Å². The van der Waals surface area contributed by atoms with Crippen LogP contribution in [0, 0.1) is 0 Å². The molecule has 110 valence electrons. The van der Waals surface area contributed by atoms with Gasteiger partial charge in [0.2, 0.25) is 0 Å². The standard InChI is InChI=1S/C17H15N3O2/c1-2-6-14-13(5-1)16(15-11-21-8-9-22-15)20-17(19-14)12-4-3-7-18-10-12/h1-7,10,15H,8-9,11H2. The quantitative estimate of drug-likeness (QED) is 0.727. The van der Waals surface area contributed by atoms with E-state index in [0.717, 1.165) is 22.2 Å². The summed E-state index contributed by atoms with van der Waals surface area (Å²) in [5.74, 6) is 0.663. The zero-order chi connectivity index (χ0) is 14.8. The Labute approximate surface area is 128 Å². The molecule has 3 heterocycles. The highest BCUT2D eigenvalue weighted by atomic mass is 16.6. The third-order valence-corrected chi connectivity index (χ3v) is 3.67. The highest BCUT2D eigenvalue weighted by Crippen LogP contribution is 2.28. The van der Waals surface area contributed by atoms with Gasteiger partial charge in [0.25, 0.3) is 0 Å². The fraction of sp³-hybridized carbons (Fsp3) is 0.235. The average Bonchev–Trinajstić information content (AvgIpc) is 2.62. The second-order valence-corrected chi connectivity index (χ2v) is 5.13. The molecule has 1 aliphatic rings. The molecule has 5 heteroatoms. The monoisotopic (exact) mass is 293 g/mol. The molecule has 0 N–H and O–H groups in total. The van der Waals surface area contributed by atoms with Crippen LogP contribution in [0.15, 0.2) is 48.8 Å². The predicted octanol–water partition coefficient (Wildman–Crippen LogP) is 2.78. The first-order chi connectivity index (χ1) is 10.9. The van der Waals surface area contributed by atoms with Crippen LogP contribution in [0.25, 0.3) is 22.3 Å². The fourth-order valence-electron chi connectivity index (χ4n) is 2.62. The highest BCUT2D eigenvalue weighted by Gasteiger charge is 2.22. The third-order valence-electron chi connectivity index (χ3n) is 3.67. The SMILES string of the molecule is c1cncc(-c2nc(C3COCCO3)c3ccccc3n2)c1. The molecule has 0 bridgehead atoms. The van der Waals surface area contributed by atoms with E-state index in [1.54, 1.807) is 12.4 Å². The molecule has 1 aromatic carbocycles. The van der Waals surface area contributed by atoms with Crippen molar-refractivity contribution in [2.45, 2.75) is 6.10 Å². The molecule has 0 aliphatic carbocycles. The third kappa shape index (κ3) is 2.45. The second kappa shape index (κ2) is 5.79. The average molecular weight is 293 g/mol. The van der Waals surface area contributed by atoms with Crippen molar-refractivity contribution in [3.63, 3.8) is 0 Å². The van der Waals surface area contributed by atoms with E-state index < -0.39 is 0 Å². The number of benzene rings is 1. The van der Waals surface area contributed by atoms with Crippen LogP contribution in [0.5, 0.6) is 0 Å². The first-order valence-electron chi connectivity index (χ1n) is 7.28. The van der Waals surface area contributed by atoms with Crippen molar-refractivity contribution in [1.29, 1.82) is 0 Å². The van der Waals surface area contributed by atoms with Crippen LogP contribution in [-0.2, 0) is 9.47 Å².